The number of nitro benzene ring substituents is 1. The largest absolute Gasteiger partial charge is 0.423 e. The van der Waals surface area contributed by atoms with E-state index in [1.807, 2.05) is 4.90 Å². The van der Waals surface area contributed by atoms with Crippen molar-refractivity contribution in [3.8, 4) is 0 Å². The molecule has 0 aliphatic carbocycles. The lowest BCUT2D eigenvalue weighted by Gasteiger charge is -2.26. The van der Waals surface area contributed by atoms with Crippen molar-refractivity contribution in [3.63, 3.8) is 0 Å². The minimum Gasteiger partial charge on any atom is -0.381 e. The number of aliphatic hydroxyl groups excluding tert-OH is 1. The maximum Gasteiger partial charge on any atom is 0.423 e. The Hall–Kier alpha value is -2.89. The van der Waals surface area contributed by atoms with Gasteiger partial charge in [-0.2, -0.15) is 13.2 Å². The Bertz CT molecular complexity index is 1240. The summed E-state index contributed by atoms with van der Waals surface area (Å²) in [6.07, 6.45) is -3.23. The number of fused-ring (bicyclic) bond motifs is 1. The van der Waals surface area contributed by atoms with E-state index in [0.717, 1.165) is 51.3 Å². The van der Waals surface area contributed by atoms with Crippen LogP contribution in [0.15, 0.2) is 42.5 Å². The molecule has 230 valence electrons. The summed E-state index contributed by atoms with van der Waals surface area (Å²) in [6.45, 7) is 13.1. The molecule has 0 saturated carbocycles. The minimum absolute atomic E-state index is 0.146. The van der Waals surface area contributed by atoms with Crippen LogP contribution in [-0.2, 0) is 11.6 Å². The van der Waals surface area contributed by atoms with Gasteiger partial charge in [0.2, 0.25) is 0 Å². The maximum absolute atomic E-state index is 13.3. The number of nitro groups is 1. The highest BCUT2D eigenvalue weighted by Crippen LogP contribution is 2.38. The van der Waals surface area contributed by atoms with Gasteiger partial charge in [-0.25, -0.2) is 0 Å². The van der Waals surface area contributed by atoms with Crippen LogP contribution in [0.4, 0.5) is 30.2 Å². The molecule has 2 N–H and O–H groups in total. The molecule has 3 aliphatic rings. The number of alkyl halides is 3. The van der Waals surface area contributed by atoms with Gasteiger partial charge in [-0.3, -0.25) is 15.0 Å². The van der Waals surface area contributed by atoms with Crippen LogP contribution in [-0.4, -0.2) is 77.9 Å². The van der Waals surface area contributed by atoms with Gasteiger partial charge in [0.1, 0.15) is 11.8 Å². The van der Waals surface area contributed by atoms with E-state index in [0.29, 0.717) is 37.8 Å². The van der Waals surface area contributed by atoms with Crippen molar-refractivity contribution in [2.75, 3.05) is 56.0 Å². The molecule has 3 aliphatic heterocycles. The molecule has 2 aromatic carbocycles. The second-order valence-electron chi connectivity index (χ2n) is 13.2. The summed E-state index contributed by atoms with van der Waals surface area (Å²) in [5.74, 6) is 1.33. The van der Waals surface area contributed by atoms with Crippen LogP contribution in [0, 0.1) is 22.0 Å². The van der Waals surface area contributed by atoms with Gasteiger partial charge in [0.15, 0.2) is 0 Å². The van der Waals surface area contributed by atoms with Crippen LogP contribution < -0.4 is 10.2 Å². The number of nitrogens with zero attached hydrogens (tertiary/aromatic N) is 4. The average molecular weight is 590 g/mol. The minimum atomic E-state index is -4.82. The van der Waals surface area contributed by atoms with Gasteiger partial charge in [0.25, 0.3) is 5.69 Å². The summed E-state index contributed by atoms with van der Waals surface area (Å²) in [4.78, 5) is 17.0. The first-order chi connectivity index (χ1) is 19.8. The number of rotatable bonds is 9. The third kappa shape index (κ3) is 7.01. The molecule has 3 saturated heterocycles. The second kappa shape index (κ2) is 12.0. The van der Waals surface area contributed by atoms with Crippen molar-refractivity contribution >= 4 is 17.1 Å². The first-order valence-electron chi connectivity index (χ1n) is 14.9. The molecule has 0 aromatic heterocycles. The Labute approximate surface area is 245 Å². The molecule has 3 fully saturated rings. The zero-order chi connectivity index (χ0) is 30.2. The summed E-state index contributed by atoms with van der Waals surface area (Å²) in [7, 11) is 0. The van der Waals surface area contributed by atoms with E-state index in [-0.39, 0.29) is 17.1 Å². The Morgan fingerprint density at radius 1 is 1.02 bits per heavy atom. The van der Waals surface area contributed by atoms with Crippen LogP contribution in [0.2, 0.25) is 0 Å². The van der Waals surface area contributed by atoms with Crippen LogP contribution in [0.1, 0.15) is 51.2 Å². The van der Waals surface area contributed by atoms with Crippen LogP contribution >= 0.6 is 0 Å². The molecular formula is C31H42F3N5O3. The molecule has 11 heteroatoms. The van der Waals surface area contributed by atoms with E-state index in [9.17, 15) is 28.4 Å². The third-order valence-corrected chi connectivity index (χ3v) is 9.11. The van der Waals surface area contributed by atoms with Crippen molar-refractivity contribution < 1.29 is 23.2 Å². The predicted molar refractivity (Wildman–Crippen MR) is 158 cm³/mol. The van der Waals surface area contributed by atoms with Crippen LogP contribution in [0.25, 0.3) is 0 Å². The van der Waals surface area contributed by atoms with Gasteiger partial charge in [-0.1, -0.05) is 32.9 Å². The number of likely N-dealkylation sites (tertiary alicyclic amines) is 2. The second-order valence-corrected chi connectivity index (χ2v) is 13.2. The van der Waals surface area contributed by atoms with E-state index in [1.54, 1.807) is 0 Å². The summed E-state index contributed by atoms with van der Waals surface area (Å²) in [5.41, 5.74) is 0.779. The van der Waals surface area contributed by atoms with Gasteiger partial charge in [0.05, 0.1) is 4.92 Å². The van der Waals surface area contributed by atoms with Crippen molar-refractivity contribution in [3.05, 3.63) is 63.7 Å². The topological polar surface area (TPSA) is 85.1 Å². The lowest BCUT2D eigenvalue weighted by atomic mass is 9.87. The monoisotopic (exact) mass is 589 g/mol. The molecular weight excluding hydrogens is 547 g/mol. The van der Waals surface area contributed by atoms with Crippen molar-refractivity contribution in [1.82, 2.24) is 9.80 Å². The molecule has 0 radical (unpaired) electrons. The normalized spacial score (nSPS) is 24.3. The van der Waals surface area contributed by atoms with Crippen molar-refractivity contribution in [2.45, 2.75) is 63.9 Å². The summed E-state index contributed by atoms with van der Waals surface area (Å²) >= 11 is 0. The predicted octanol–water partition coefficient (Wildman–Crippen LogP) is 5.56. The summed E-state index contributed by atoms with van der Waals surface area (Å²) < 4.78 is 40.0. The van der Waals surface area contributed by atoms with Crippen molar-refractivity contribution in [2.24, 2.45) is 11.8 Å². The zero-order valence-electron chi connectivity index (χ0n) is 24.6. The summed E-state index contributed by atoms with van der Waals surface area (Å²) in [5, 5.41) is 24.9. The molecule has 3 heterocycles. The van der Waals surface area contributed by atoms with Gasteiger partial charge in [-0.15, -0.1) is 0 Å². The van der Waals surface area contributed by atoms with E-state index in [1.165, 1.54) is 17.3 Å². The van der Waals surface area contributed by atoms with Crippen LogP contribution in [0.3, 0.4) is 0 Å². The number of anilines is 2. The van der Waals surface area contributed by atoms with Gasteiger partial charge < -0.3 is 20.2 Å². The Kier molecular flexibility index (Phi) is 8.74. The fraction of sp³-hybridized carbons (Fsp3) is 0.613. The van der Waals surface area contributed by atoms with Gasteiger partial charge in [0, 0.05) is 62.8 Å². The Balaban J connectivity index is 1.03. The molecule has 0 spiro atoms. The van der Waals surface area contributed by atoms with Crippen molar-refractivity contribution in [1.29, 1.82) is 0 Å². The fourth-order valence-corrected chi connectivity index (χ4v) is 6.76. The maximum atomic E-state index is 13.3. The van der Waals surface area contributed by atoms with E-state index >= 15 is 0 Å². The first kappa shape index (κ1) is 30.6. The number of hydrogen-bond donors (Lipinski definition) is 2. The highest BCUT2D eigenvalue weighted by molar-refractivity contribution is 5.56. The molecule has 42 heavy (non-hydrogen) atoms. The number of halogens is 3. The SMILES string of the molecule is CC(C)(C)c1ccc(N2CC3CN(CCCC(O)N4CC[C@@H](Nc5ccc([N+](=O)[O-])c(C(F)(F)F)c5)C4)CC3C2)cc1. The number of hydrogen-bond acceptors (Lipinski definition) is 7. The van der Waals surface area contributed by atoms with Crippen LogP contribution in [0.5, 0.6) is 0 Å². The molecule has 5 rings (SSSR count). The number of benzene rings is 2. The average Bonchev–Trinajstić information content (AvgIpc) is 3.63. The lowest BCUT2D eigenvalue weighted by Crippen LogP contribution is -2.36. The lowest BCUT2D eigenvalue weighted by molar-refractivity contribution is -0.388. The van der Waals surface area contributed by atoms with Gasteiger partial charge >= 0.3 is 6.18 Å². The fourth-order valence-electron chi connectivity index (χ4n) is 6.76. The molecule has 0 amide bonds. The molecule has 0 bridgehead atoms. The standard InChI is InChI=1S/C31H42F3N5O3/c1-30(2,3)23-6-9-26(10-7-23)38-18-21-16-36(17-22(21)19-38)13-4-5-29(40)37-14-12-25(20-37)35-24-8-11-28(39(41)42)27(15-24)31(32,33)34/h6-11,15,21-22,25,29,35,40H,4-5,12-14,16-20H2,1-3H3/t21?,22?,25-,29?/m1/s1. The van der Waals surface area contributed by atoms with E-state index < -0.39 is 28.6 Å². The number of nitrogens with one attached hydrogen (secondary N) is 1. The Morgan fingerprint density at radius 3 is 2.29 bits per heavy atom. The van der Waals surface area contributed by atoms with E-state index in [4.69, 9.17) is 0 Å². The quantitative estimate of drug-likeness (QED) is 0.293. The smallest absolute Gasteiger partial charge is 0.381 e. The Morgan fingerprint density at radius 2 is 1.69 bits per heavy atom. The third-order valence-electron chi connectivity index (χ3n) is 9.11. The molecule has 3 unspecified atom stereocenters. The van der Waals surface area contributed by atoms with Gasteiger partial charge in [-0.05, 0) is 72.9 Å². The first-order valence-corrected chi connectivity index (χ1v) is 14.9. The molecule has 4 atom stereocenters. The highest BCUT2D eigenvalue weighted by Gasteiger charge is 2.40. The highest BCUT2D eigenvalue weighted by atomic mass is 19.4. The molecule has 8 nitrogen and oxygen atoms in total. The molecule has 2 aromatic rings. The summed E-state index contributed by atoms with van der Waals surface area (Å²) in [6, 6.07) is 11.9. The zero-order valence-corrected chi connectivity index (χ0v) is 24.6. The van der Waals surface area contributed by atoms with E-state index in [2.05, 4.69) is 60.2 Å². The number of aliphatic hydroxyl groups is 1.